The molecule has 2 aromatic carbocycles. The van der Waals surface area contributed by atoms with E-state index in [0.717, 1.165) is 11.3 Å². The summed E-state index contributed by atoms with van der Waals surface area (Å²) in [6.45, 7) is 0.269. The van der Waals surface area contributed by atoms with Gasteiger partial charge in [0.25, 0.3) is 5.69 Å². The van der Waals surface area contributed by atoms with Gasteiger partial charge in [0.05, 0.1) is 23.1 Å². The molecule has 2 rings (SSSR count). The van der Waals surface area contributed by atoms with Crippen molar-refractivity contribution in [1.82, 2.24) is 0 Å². The van der Waals surface area contributed by atoms with Gasteiger partial charge in [-0.2, -0.15) is 0 Å². The van der Waals surface area contributed by atoms with Crippen LogP contribution in [0, 0.1) is 10.1 Å². The number of benzene rings is 2. The highest BCUT2D eigenvalue weighted by Crippen LogP contribution is 2.29. The number of halogens is 1. The first-order valence-electron chi connectivity index (χ1n) is 5.80. The van der Waals surface area contributed by atoms with E-state index in [4.69, 9.17) is 21.1 Å². The molecule has 0 unspecified atom stereocenters. The van der Waals surface area contributed by atoms with Gasteiger partial charge in [0, 0.05) is 6.07 Å². The van der Waals surface area contributed by atoms with Gasteiger partial charge in [0.15, 0.2) is 0 Å². The van der Waals surface area contributed by atoms with Gasteiger partial charge >= 0.3 is 0 Å². The zero-order chi connectivity index (χ0) is 14.5. The summed E-state index contributed by atoms with van der Waals surface area (Å²) in [5, 5.41) is 11.0. The molecule has 0 fully saturated rings. The first-order valence-corrected chi connectivity index (χ1v) is 6.17. The summed E-state index contributed by atoms with van der Waals surface area (Å²) in [7, 11) is 1.59. The van der Waals surface area contributed by atoms with Crippen molar-refractivity contribution in [3.8, 4) is 11.5 Å². The summed E-state index contributed by atoms with van der Waals surface area (Å²) in [5.41, 5.74) is 0.854. The van der Waals surface area contributed by atoms with Crippen molar-refractivity contribution in [3.63, 3.8) is 0 Å². The largest absolute Gasteiger partial charge is 0.497 e. The molecule has 0 aliphatic rings. The minimum atomic E-state index is -0.490. The van der Waals surface area contributed by atoms with Gasteiger partial charge in [-0.1, -0.05) is 23.7 Å². The zero-order valence-corrected chi connectivity index (χ0v) is 11.5. The zero-order valence-electron chi connectivity index (χ0n) is 10.7. The quantitative estimate of drug-likeness (QED) is 0.621. The van der Waals surface area contributed by atoms with E-state index in [2.05, 4.69) is 0 Å². The fourth-order valence-electron chi connectivity index (χ4n) is 1.60. The summed E-state index contributed by atoms with van der Waals surface area (Å²) in [6.07, 6.45) is 0. The molecule has 0 saturated heterocycles. The molecule has 0 radical (unpaired) electrons. The van der Waals surface area contributed by atoms with E-state index in [9.17, 15) is 10.1 Å². The van der Waals surface area contributed by atoms with Crippen molar-refractivity contribution < 1.29 is 14.4 Å². The maximum atomic E-state index is 10.7. The Balaban J connectivity index is 2.09. The molecule has 0 spiro atoms. The summed E-state index contributed by atoms with van der Waals surface area (Å²) < 4.78 is 10.6. The Kier molecular flexibility index (Phi) is 4.42. The Hall–Kier alpha value is -2.27. The first-order chi connectivity index (χ1) is 9.60. The normalized spacial score (nSPS) is 10.1. The van der Waals surface area contributed by atoms with Crippen LogP contribution >= 0.6 is 11.6 Å². The fourth-order valence-corrected chi connectivity index (χ4v) is 1.77. The number of rotatable bonds is 5. The molecule has 0 aliphatic carbocycles. The van der Waals surface area contributed by atoms with Gasteiger partial charge in [-0.3, -0.25) is 10.1 Å². The SMILES string of the molecule is COc1ccc(COc2cc([N+](=O)[O-])ccc2Cl)cc1. The van der Waals surface area contributed by atoms with Crippen LogP contribution in [-0.4, -0.2) is 12.0 Å². The number of ether oxygens (including phenoxy) is 2. The average molecular weight is 294 g/mol. The van der Waals surface area contributed by atoms with E-state index >= 15 is 0 Å². The Morgan fingerprint density at radius 1 is 1.20 bits per heavy atom. The minimum absolute atomic E-state index is 0.0564. The van der Waals surface area contributed by atoms with Crippen LogP contribution in [0.1, 0.15) is 5.56 Å². The molecule has 0 bridgehead atoms. The van der Waals surface area contributed by atoms with Gasteiger partial charge in [-0.25, -0.2) is 0 Å². The highest BCUT2D eigenvalue weighted by atomic mass is 35.5. The number of hydrogen-bond donors (Lipinski definition) is 0. The molecule has 5 nitrogen and oxygen atoms in total. The summed E-state index contributed by atoms with van der Waals surface area (Å²) in [5.74, 6) is 1.04. The van der Waals surface area contributed by atoms with Crippen LogP contribution in [-0.2, 0) is 6.61 Å². The van der Waals surface area contributed by atoms with E-state index in [-0.39, 0.29) is 18.0 Å². The van der Waals surface area contributed by atoms with Crippen molar-refractivity contribution in [3.05, 3.63) is 63.2 Å². The van der Waals surface area contributed by atoms with Gasteiger partial charge < -0.3 is 9.47 Å². The van der Waals surface area contributed by atoms with Crippen molar-refractivity contribution in [2.45, 2.75) is 6.61 Å². The minimum Gasteiger partial charge on any atom is -0.497 e. The number of non-ortho nitro benzene ring substituents is 1. The molecule has 0 aromatic heterocycles. The third kappa shape index (κ3) is 3.39. The molecule has 0 saturated carbocycles. The second-order valence-corrected chi connectivity index (χ2v) is 4.42. The van der Waals surface area contributed by atoms with E-state index in [1.807, 2.05) is 24.3 Å². The molecule has 20 heavy (non-hydrogen) atoms. The first kappa shape index (κ1) is 14.1. The predicted octanol–water partition coefficient (Wildman–Crippen LogP) is 3.84. The summed E-state index contributed by atoms with van der Waals surface area (Å²) in [6, 6.07) is 11.4. The second kappa shape index (κ2) is 6.25. The number of nitrogens with zero attached hydrogens (tertiary/aromatic N) is 1. The lowest BCUT2D eigenvalue weighted by atomic mass is 10.2. The molecule has 0 heterocycles. The van der Waals surface area contributed by atoms with E-state index in [1.165, 1.54) is 18.2 Å². The third-order valence-electron chi connectivity index (χ3n) is 2.68. The molecular weight excluding hydrogens is 282 g/mol. The monoisotopic (exact) mass is 293 g/mol. The molecule has 104 valence electrons. The molecule has 0 amide bonds. The van der Waals surface area contributed by atoms with Crippen LogP contribution in [0.15, 0.2) is 42.5 Å². The van der Waals surface area contributed by atoms with Gasteiger partial charge in [0.2, 0.25) is 0 Å². The highest BCUT2D eigenvalue weighted by molar-refractivity contribution is 6.32. The van der Waals surface area contributed by atoms with E-state index in [1.54, 1.807) is 7.11 Å². The van der Waals surface area contributed by atoms with Crippen molar-refractivity contribution in [1.29, 1.82) is 0 Å². The van der Waals surface area contributed by atoms with Gasteiger partial charge in [0.1, 0.15) is 18.1 Å². The Labute approximate surface area is 120 Å². The highest BCUT2D eigenvalue weighted by Gasteiger charge is 2.10. The van der Waals surface area contributed by atoms with Crippen molar-refractivity contribution in [2.24, 2.45) is 0 Å². The summed E-state index contributed by atoms with van der Waals surface area (Å²) >= 11 is 5.95. The Morgan fingerprint density at radius 3 is 2.50 bits per heavy atom. The third-order valence-corrected chi connectivity index (χ3v) is 2.99. The van der Waals surface area contributed by atoms with Gasteiger partial charge in [-0.15, -0.1) is 0 Å². The maximum absolute atomic E-state index is 10.7. The lowest BCUT2D eigenvalue weighted by Crippen LogP contribution is -1.97. The molecule has 0 N–H and O–H groups in total. The lowest BCUT2D eigenvalue weighted by Gasteiger charge is -2.08. The van der Waals surface area contributed by atoms with Crippen LogP contribution in [0.25, 0.3) is 0 Å². The van der Waals surface area contributed by atoms with Crippen LogP contribution < -0.4 is 9.47 Å². The summed E-state index contributed by atoms with van der Waals surface area (Å²) in [4.78, 5) is 10.2. The molecule has 0 aliphatic heterocycles. The predicted molar refractivity (Wildman–Crippen MR) is 75.4 cm³/mol. The molecule has 0 atom stereocenters. The fraction of sp³-hybridized carbons (Fsp3) is 0.143. The average Bonchev–Trinajstić information content (AvgIpc) is 2.46. The Bertz CT molecular complexity index is 613. The van der Waals surface area contributed by atoms with E-state index < -0.39 is 4.92 Å². The van der Waals surface area contributed by atoms with E-state index in [0.29, 0.717) is 5.02 Å². The topological polar surface area (TPSA) is 61.6 Å². The molecular formula is C14H12ClNO4. The Morgan fingerprint density at radius 2 is 1.90 bits per heavy atom. The molecule has 2 aromatic rings. The number of nitro benzene ring substituents is 1. The lowest BCUT2D eigenvalue weighted by molar-refractivity contribution is -0.384. The van der Waals surface area contributed by atoms with Crippen molar-refractivity contribution >= 4 is 17.3 Å². The number of hydrogen-bond acceptors (Lipinski definition) is 4. The van der Waals surface area contributed by atoms with Crippen LogP contribution in [0.5, 0.6) is 11.5 Å². The number of methoxy groups -OCH3 is 1. The smallest absolute Gasteiger partial charge is 0.273 e. The van der Waals surface area contributed by atoms with Crippen LogP contribution in [0.4, 0.5) is 5.69 Å². The standard InChI is InChI=1S/C14H12ClNO4/c1-19-12-5-2-10(3-6-12)9-20-14-8-11(16(17)18)4-7-13(14)15/h2-8H,9H2,1H3. The van der Waals surface area contributed by atoms with Crippen LogP contribution in [0.3, 0.4) is 0 Å². The number of nitro groups is 1. The maximum Gasteiger partial charge on any atom is 0.273 e. The molecule has 6 heteroatoms. The second-order valence-electron chi connectivity index (χ2n) is 4.01. The van der Waals surface area contributed by atoms with Crippen molar-refractivity contribution in [2.75, 3.05) is 7.11 Å². The van der Waals surface area contributed by atoms with Crippen LogP contribution in [0.2, 0.25) is 5.02 Å². The van der Waals surface area contributed by atoms with Gasteiger partial charge in [-0.05, 0) is 23.8 Å².